The quantitative estimate of drug-likeness (QED) is 0.640. The average molecular weight is 351 g/mol. The van der Waals surface area contributed by atoms with Crippen molar-refractivity contribution in [2.75, 3.05) is 0 Å². The van der Waals surface area contributed by atoms with Gasteiger partial charge in [-0.25, -0.2) is 13.2 Å². The Morgan fingerprint density at radius 2 is 2.00 bits per heavy atom. The number of nitrogens with one attached hydrogen (secondary N) is 1. The van der Waals surface area contributed by atoms with E-state index in [0.29, 0.717) is 19.3 Å². The van der Waals surface area contributed by atoms with E-state index >= 15 is 0 Å². The molecule has 0 saturated heterocycles. The predicted octanol–water partition coefficient (Wildman–Crippen LogP) is 3.79. The van der Waals surface area contributed by atoms with Crippen molar-refractivity contribution in [2.24, 2.45) is 11.8 Å². The average Bonchev–Trinajstić information content (AvgIpc) is 2.40. The second kappa shape index (κ2) is 6.45. The first kappa shape index (κ1) is 15.8. The fraction of sp³-hybridized carbons (Fsp3) is 0.571. The highest BCUT2D eigenvalue weighted by Crippen LogP contribution is 2.38. The molecule has 2 nitrogen and oxygen atoms in total. The maximum atomic E-state index is 13.3. The molecule has 0 aromatic heterocycles. The Kier molecular flexibility index (Phi) is 5.09. The van der Waals surface area contributed by atoms with Crippen molar-refractivity contribution >= 4 is 15.9 Å². The lowest BCUT2D eigenvalue weighted by Crippen LogP contribution is -2.44. The lowest BCUT2D eigenvalue weighted by molar-refractivity contribution is -0.0495. The van der Waals surface area contributed by atoms with Crippen LogP contribution in [0.25, 0.3) is 0 Å². The molecule has 1 unspecified atom stereocenters. The third-order valence-electron chi connectivity index (χ3n) is 3.99. The smallest absolute Gasteiger partial charge is 0.248 e. The third-order valence-corrected chi connectivity index (χ3v) is 4.77. The van der Waals surface area contributed by atoms with Crippen molar-refractivity contribution in [2.45, 2.75) is 44.1 Å². The van der Waals surface area contributed by atoms with E-state index in [1.54, 1.807) is 6.07 Å². The molecule has 1 aliphatic carbocycles. The van der Waals surface area contributed by atoms with Crippen molar-refractivity contribution < 1.29 is 13.2 Å². The molecule has 1 saturated carbocycles. The van der Waals surface area contributed by atoms with E-state index in [2.05, 4.69) is 21.4 Å². The highest BCUT2D eigenvalue weighted by Gasteiger charge is 2.37. The van der Waals surface area contributed by atoms with Crippen LogP contribution in [0.5, 0.6) is 0 Å². The summed E-state index contributed by atoms with van der Waals surface area (Å²) >= 11 is 3.37. The van der Waals surface area contributed by atoms with Crippen molar-refractivity contribution in [3.05, 3.63) is 34.1 Å². The molecule has 0 aliphatic heterocycles. The van der Waals surface area contributed by atoms with E-state index in [0.717, 1.165) is 10.0 Å². The minimum atomic E-state index is -2.55. The van der Waals surface area contributed by atoms with Gasteiger partial charge in [-0.15, -0.1) is 0 Å². The molecule has 20 heavy (non-hydrogen) atoms. The molecular formula is C14H18BrF3N2. The number of benzene rings is 1. The molecule has 6 heteroatoms. The molecule has 1 atom stereocenters. The van der Waals surface area contributed by atoms with Crippen LogP contribution in [0, 0.1) is 11.7 Å². The van der Waals surface area contributed by atoms with E-state index in [4.69, 9.17) is 5.84 Å². The Balaban J connectivity index is 2.04. The summed E-state index contributed by atoms with van der Waals surface area (Å²) in [5.41, 5.74) is 3.50. The molecule has 0 heterocycles. The summed E-state index contributed by atoms with van der Waals surface area (Å²) in [6, 6.07) is 4.35. The fourth-order valence-corrected chi connectivity index (χ4v) is 3.17. The topological polar surface area (TPSA) is 38.0 Å². The highest BCUT2D eigenvalue weighted by molar-refractivity contribution is 9.10. The monoisotopic (exact) mass is 350 g/mol. The van der Waals surface area contributed by atoms with Crippen LogP contribution in [-0.2, 0) is 6.42 Å². The van der Waals surface area contributed by atoms with Gasteiger partial charge in [0.2, 0.25) is 5.92 Å². The first-order valence-electron chi connectivity index (χ1n) is 6.69. The zero-order valence-electron chi connectivity index (χ0n) is 11.0. The highest BCUT2D eigenvalue weighted by atomic mass is 79.9. The van der Waals surface area contributed by atoms with Crippen LogP contribution >= 0.6 is 15.9 Å². The van der Waals surface area contributed by atoms with Gasteiger partial charge in [0.15, 0.2) is 0 Å². The summed E-state index contributed by atoms with van der Waals surface area (Å²) in [4.78, 5) is 0. The molecule has 1 aliphatic rings. The maximum absolute atomic E-state index is 13.3. The SMILES string of the molecule is NNC(Cc1cc(F)ccc1Br)C1CCC(F)(F)CC1. The predicted molar refractivity (Wildman–Crippen MR) is 75.8 cm³/mol. The number of rotatable bonds is 4. The molecule has 1 aromatic rings. The van der Waals surface area contributed by atoms with E-state index in [1.165, 1.54) is 12.1 Å². The Hall–Kier alpha value is -0.590. The van der Waals surface area contributed by atoms with Crippen LogP contribution < -0.4 is 11.3 Å². The number of hydrazine groups is 1. The molecule has 0 radical (unpaired) electrons. The zero-order valence-corrected chi connectivity index (χ0v) is 12.6. The summed E-state index contributed by atoms with van der Waals surface area (Å²) in [6.45, 7) is 0. The Morgan fingerprint density at radius 1 is 1.35 bits per heavy atom. The van der Waals surface area contributed by atoms with Gasteiger partial charge < -0.3 is 0 Å². The minimum Gasteiger partial charge on any atom is -0.271 e. The van der Waals surface area contributed by atoms with Gasteiger partial charge in [0, 0.05) is 23.4 Å². The lowest BCUT2D eigenvalue weighted by atomic mass is 9.80. The van der Waals surface area contributed by atoms with Crippen molar-refractivity contribution in [1.29, 1.82) is 0 Å². The van der Waals surface area contributed by atoms with Crippen LogP contribution in [-0.4, -0.2) is 12.0 Å². The Morgan fingerprint density at radius 3 is 2.60 bits per heavy atom. The van der Waals surface area contributed by atoms with Gasteiger partial charge in [-0.2, -0.15) is 0 Å². The van der Waals surface area contributed by atoms with Gasteiger partial charge in [-0.05, 0) is 48.9 Å². The van der Waals surface area contributed by atoms with Crippen LogP contribution in [0.4, 0.5) is 13.2 Å². The lowest BCUT2D eigenvalue weighted by Gasteiger charge is -2.33. The van der Waals surface area contributed by atoms with Gasteiger partial charge in [0.1, 0.15) is 5.82 Å². The molecule has 0 amide bonds. The van der Waals surface area contributed by atoms with Gasteiger partial charge in [0.05, 0.1) is 0 Å². The Bertz CT molecular complexity index is 458. The first-order chi connectivity index (χ1) is 9.41. The summed E-state index contributed by atoms with van der Waals surface area (Å²) in [7, 11) is 0. The minimum absolute atomic E-state index is 0.0924. The van der Waals surface area contributed by atoms with Crippen LogP contribution in [0.2, 0.25) is 0 Å². The summed E-state index contributed by atoms with van der Waals surface area (Å²) in [5.74, 6) is 2.80. The molecule has 1 fully saturated rings. The number of hydrogen-bond donors (Lipinski definition) is 2. The molecule has 1 aromatic carbocycles. The van der Waals surface area contributed by atoms with Crippen LogP contribution in [0.15, 0.2) is 22.7 Å². The van der Waals surface area contributed by atoms with Gasteiger partial charge in [-0.1, -0.05) is 15.9 Å². The van der Waals surface area contributed by atoms with E-state index in [9.17, 15) is 13.2 Å². The first-order valence-corrected chi connectivity index (χ1v) is 7.48. The molecule has 2 rings (SSSR count). The normalized spacial score (nSPS) is 20.9. The summed E-state index contributed by atoms with van der Waals surface area (Å²) in [6.07, 6.45) is 1.20. The third kappa shape index (κ3) is 3.96. The van der Waals surface area contributed by atoms with Crippen molar-refractivity contribution in [3.63, 3.8) is 0 Å². The number of hydrogen-bond acceptors (Lipinski definition) is 2. The van der Waals surface area contributed by atoms with E-state index in [-0.39, 0.29) is 30.6 Å². The molecule has 0 spiro atoms. The molecule has 3 N–H and O–H groups in total. The second-order valence-corrected chi connectivity index (χ2v) is 6.26. The molecule has 112 valence electrons. The number of halogens is 4. The maximum Gasteiger partial charge on any atom is 0.248 e. The fourth-order valence-electron chi connectivity index (χ4n) is 2.76. The van der Waals surface area contributed by atoms with Crippen molar-refractivity contribution in [3.8, 4) is 0 Å². The summed E-state index contributed by atoms with van der Waals surface area (Å²) in [5, 5.41) is 0. The van der Waals surface area contributed by atoms with Crippen LogP contribution in [0.1, 0.15) is 31.2 Å². The van der Waals surface area contributed by atoms with Crippen LogP contribution in [0.3, 0.4) is 0 Å². The second-order valence-electron chi connectivity index (χ2n) is 5.41. The van der Waals surface area contributed by atoms with Gasteiger partial charge in [0.25, 0.3) is 0 Å². The van der Waals surface area contributed by atoms with E-state index < -0.39 is 5.92 Å². The van der Waals surface area contributed by atoms with E-state index in [1.807, 2.05) is 0 Å². The number of alkyl halides is 2. The van der Waals surface area contributed by atoms with Gasteiger partial charge >= 0.3 is 0 Å². The standard InChI is InChI=1S/C14H18BrF3N2/c15-12-2-1-11(16)7-10(12)8-13(20-19)9-3-5-14(17,18)6-4-9/h1-2,7,9,13,20H,3-6,8,19H2. The molecule has 0 bridgehead atoms. The number of nitrogens with two attached hydrogens (primary N) is 1. The largest absolute Gasteiger partial charge is 0.271 e. The van der Waals surface area contributed by atoms with Crippen molar-refractivity contribution in [1.82, 2.24) is 5.43 Å². The zero-order chi connectivity index (χ0) is 14.8. The molecular weight excluding hydrogens is 333 g/mol. The summed E-state index contributed by atoms with van der Waals surface area (Å²) < 4.78 is 40.4. The van der Waals surface area contributed by atoms with Gasteiger partial charge in [-0.3, -0.25) is 11.3 Å². The Labute approximate surface area is 125 Å².